The van der Waals surface area contributed by atoms with Gasteiger partial charge in [-0.3, -0.25) is 19.2 Å². The molecule has 224 valence electrons. The lowest BCUT2D eigenvalue weighted by Crippen LogP contribution is -2.54. The number of amides is 4. The Kier molecular flexibility index (Phi) is 8.07. The van der Waals surface area contributed by atoms with E-state index in [9.17, 15) is 45.5 Å². The Morgan fingerprint density at radius 2 is 0.930 bits per heavy atom. The van der Waals surface area contributed by atoms with Crippen LogP contribution in [0.25, 0.3) is 0 Å². The van der Waals surface area contributed by atoms with Crippen LogP contribution in [0.5, 0.6) is 11.5 Å². The van der Waals surface area contributed by atoms with E-state index in [0.717, 1.165) is 48.6 Å². The van der Waals surface area contributed by atoms with Crippen LogP contribution in [-0.2, 0) is 24.6 Å². The molecule has 0 bridgehead atoms. The second-order valence-electron chi connectivity index (χ2n) is 9.00. The molecule has 0 aliphatic carbocycles. The highest BCUT2D eigenvalue weighted by atomic mass is 19.4. The van der Waals surface area contributed by atoms with Crippen molar-refractivity contribution in [2.45, 2.75) is 17.8 Å². The van der Waals surface area contributed by atoms with Crippen molar-refractivity contribution in [1.82, 2.24) is 0 Å². The summed E-state index contributed by atoms with van der Waals surface area (Å²) in [6, 6.07) is 3.30. The topological polar surface area (TPSA) is 93.2 Å². The van der Waals surface area contributed by atoms with Gasteiger partial charge in [-0.25, -0.2) is 9.80 Å². The van der Waals surface area contributed by atoms with E-state index in [1.54, 1.807) is 0 Å². The van der Waals surface area contributed by atoms with E-state index in [4.69, 9.17) is 9.47 Å². The van der Waals surface area contributed by atoms with E-state index in [1.807, 2.05) is 0 Å². The van der Waals surface area contributed by atoms with E-state index in [1.165, 1.54) is 0 Å². The first-order valence-corrected chi connectivity index (χ1v) is 12.2. The molecule has 0 fully saturated rings. The predicted octanol–water partition coefficient (Wildman–Crippen LogP) is 5.09. The van der Waals surface area contributed by atoms with Gasteiger partial charge in [0.05, 0.1) is 11.4 Å². The average molecular weight is 606 g/mol. The fourth-order valence-electron chi connectivity index (χ4n) is 4.65. The molecule has 0 saturated heterocycles. The Morgan fingerprint density at radius 3 is 1.21 bits per heavy atom. The molecule has 0 radical (unpaired) electrons. The number of imide groups is 2. The normalized spacial score (nSPS) is 15.5. The summed E-state index contributed by atoms with van der Waals surface area (Å²) in [4.78, 5) is 50.1. The van der Waals surface area contributed by atoms with Crippen molar-refractivity contribution >= 4 is 35.0 Å². The SMILES string of the molecule is C=CCOc1cc(C(c2ccc(N3C(=O)C=CC3=O)c(OCC=C)c2)(C(F)(F)F)C(F)(F)F)ccc1N1C(=O)C=CC1=O. The van der Waals surface area contributed by atoms with Crippen LogP contribution in [0.15, 0.2) is 86.0 Å². The van der Waals surface area contributed by atoms with Crippen LogP contribution in [0.1, 0.15) is 11.1 Å². The number of alkyl halides is 6. The Hall–Kier alpha value is -5.14. The molecule has 2 heterocycles. The molecule has 2 aliphatic rings. The van der Waals surface area contributed by atoms with E-state index >= 15 is 0 Å². The quantitative estimate of drug-likeness (QED) is 0.213. The van der Waals surface area contributed by atoms with Crippen molar-refractivity contribution in [2.24, 2.45) is 0 Å². The molecule has 0 spiro atoms. The standard InChI is InChI=1S/C29H20F6N2O6/c1-3-13-42-21-15-17(5-7-19(21)36-23(38)9-10-24(36)39)27(28(30,31)32,29(33,34)35)18-6-8-20(22(16-18)43-14-4-2)37-25(40)11-12-26(37)41/h3-12,15-16H,1-2,13-14H2. The van der Waals surface area contributed by atoms with Crippen LogP contribution < -0.4 is 19.3 Å². The Balaban J connectivity index is 2.01. The number of hydrogen-bond acceptors (Lipinski definition) is 6. The molecule has 0 atom stereocenters. The highest BCUT2D eigenvalue weighted by molar-refractivity contribution is 6.29. The largest absolute Gasteiger partial charge is 0.487 e. The van der Waals surface area contributed by atoms with Gasteiger partial charge in [-0.1, -0.05) is 37.4 Å². The molecular weight excluding hydrogens is 586 g/mol. The van der Waals surface area contributed by atoms with Gasteiger partial charge in [0, 0.05) is 24.3 Å². The Labute approximate surface area is 239 Å². The number of halogens is 6. The fraction of sp³-hybridized carbons (Fsp3) is 0.172. The summed E-state index contributed by atoms with van der Waals surface area (Å²) in [5, 5.41) is 0. The first-order chi connectivity index (χ1) is 20.2. The van der Waals surface area contributed by atoms with Gasteiger partial charge in [0.2, 0.25) is 5.41 Å². The molecule has 2 aliphatic heterocycles. The molecule has 2 aromatic rings. The van der Waals surface area contributed by atoms with Crippen LogP contribution >= 0.6 is 0 Å². The van der Waals surface area contributed by atoms with E-state index < -0.39 is 88.6 Å². The summed E-state index contributed by atoms with van der Waals surface area (Å²) >= 11 is 0. The predicted molar refractivity (Wildman–Crippen MR) is 140 cm³/mol. The maximum atomic E-state index is 15.0. The zero-order valence-electron chi connectivity index (χ0n) is 21.9. The van der Waals surface area contributed by atoms with Crippen molar-refractivity contribution in [2.75, 3.05) is 23.0 Å². The molecule has 43 heavy (non-hydrogen) atoms. The van der Waals surface area contributed by atoms with Gasteiger partial charge in [-0.05, 0) is 35.4 Å². The Morgan fingerprint density at radius 1 is 0.605 bits per heavy atom. The maximum absolute atomic E-state index is 15.0. The van der Waals surface area contributed by atoms with E-state index in [0.29, 0.717) is 34.1 Å². The second-order valence-corrected chi connectivity index (χ2v) is 9.00. The van der Waals surface area contributed by atoms with Crippen molar-refractivity contribution in [3.8, 4) is 11.5 Å². The number of carbonyl (C=O) groups excluding carboxylic acids is 4. The lowest BCUT2D eigenvalue weighted by Gasteiger charge is -2.39. The molecule has 4 rings (SSSR count). The van der Waals surface area contributed by atoms with Crippen molar-refractivity contribution < 1.29 is 55.0 Å². The summed E-state index contributed by atoms with van der Waals surface area (Å²) in [6.07, 6.45) is -6.30. The minimum atomic E-state index is -6.05. The van der Waals surface area contributed by atoms with Gasteiger partial charge in [0.25, 0.3) is 23.6 Å². The van der Waals surface area contributed by atoms with E-state index in [2.05, 4.69) is 13.2 Å². The highest BCUT2D eigenvalue weighted by Crippen LogP contribution is 2.58. The minimum Gasteiger partial charge on any atom is -0.487 e. The smallest absolute Gasteiger partial charge is 0.411 e. The molecule has 14 heteroatoms. The number of benzene rings is 2. The molecule has 0 saturated carbocycles. The zero-order chi connectivity index (χ0) is 31.7. The molecule has 0 aromatic heterocycles. The monoisotopic (exact) mass is 606 g/mol. The van der Waals surface area contributed by atoms with Crippen LogP contribution in [-0.4, -0.2) is 49.2 Å². The molecule has 4 amide bonds. The number of nitrogens with zero attached hydrogens (tertiary/aromatic N) is 2. The van der Waals surface area contributed by atoms with Gasteiger partial charge in [0.15, 0.2) is 0 Å². The third kappa shape index (κ3) is 5.19. The first kappa shape index (κ1) is 30.8. The van der Waals surface area contributed by atoms with Gasteiger partial charge < -0.3 is 9.47 Å². The van der Waals surface area contributed by atoms with Gasteiger partial charge in [0.1, 0.15) is 24.7 Å². The lowest BCUT2D eigenvalue weighted by atomic mass is 9.72. The summed E-state index contributed by atoms with van der Waals surface area (Å²) in [5.41, 5.74) is -8.27. The highest BCUT2D eigenvalue weighted by Gasteiger charge is 2.72. The molecule has 2 aromatic carbocycles. The third-order valence-electron chi connectivity index (χ3n) is 6.45. The Bertz CT molecular complexity index is 1440. The number of rotatable bonds is 10. The van der Waals surface area contributed by atoms with Gasteiger partial charge >= 0.3 is 12.4 Å². The second kappa shape index (κ2) is 11.3. The summed E-state index contributed by atoms with van der Waals surface area (Å²) in [5.74, 6) is -4.84. The van der Waals surface area contributed by atoms with Crippen LogP contribution in [0, 0.1) is 0 Å². The van der Waals surface area contributed by atoms with Crippen molar-refractivity contribution in [3.05, 3.63) is 97.1 Å². The van der Waals surface area contributed by atoms with Gasteiger partial charge in [-0.15, -0.1) is 0 Å². The fourth-order valence-corrected chi connectivity index (χ4v) is 4.65. The molecular formula is C29H20F6N2O6. The number of carbonyl (C=O) groups is 4. The maximum Gasteiger partial charge on any atom is 0.411 e. The third-order valence-corrected chi connectivity index (χ3v) is 6.45. The van der Waals surface area contributed by atoms with Gasteiger partial charge in [-0.2, -0.15) is 26.3 Å². The average Bonchev–Trinajstić information content (AvgIpc) is 3.44. The summed E-state index contributed by atoms with van der Waals surface area (Å²) < 4.78 is 100. The zero-order valence-corrected chi connectivity index (χ0v) is 21.9. The number of ether oxygens (including phenoxy) is 2. The molecule has 0 N–H and O–H groups in total. The number of hydrogen-bond donors (Lipinski definition) is 0. The van der Waals surface area contributed by atoms with Crippen molar-refractivity contribution in [3.63, 3.8) is 0 Å². The molecule has 0 unspecified atom stereocenters. The van der Waals surface area contributed by atoms with Crippen LogP contribution in [0.3, 0.4) is 0 Å². The summed E-state index contributed by atoms with van der Waals surface area (Å²) in [7, 11) is 0. The lowest BCUT2D eigenvalue weighted by molar-refractivity contribution is -0.288. The first-order valence-electron chi connectivity index (χ1n) is 12.2. The van der Waals surface area contributed by atoms with Crippen LogP contribution in [0.4, 0.5) is 37.7 Å². The van der Waals surface area contributed by atoms with Crippen molar-refractivity contribution in [1.29, 1.82) is 0 Å². The molecule has 8 nitrogen and oxygen atoms in total. The van der Waals surface area contributed by atoms with E-state index in [-0.39, 0.29) is 0 Å². The number of anilines is 2. The summed E-state index contributed by atoms with van der Waals surface area (Å²) in [6.45, 7) is 5.99. The van der Waals surface area contributed by atoms with Crippen LogP contribution in [0.2, 0.25) is 0 Å². The minimum absolute atomic E-state index is 0.396.